The number of nitrogens with zero attached hydrogens (tertiary/aromatic N) is 3. The predicted octanol–water partition coefficient (Wildman–Crippen LogP) is 12.6. The fourth-order valence-electron chi connectivity index (χ4n) is 7.57. The van der Waals surface area contributed by atoms with Gasteiger partial charge in [-0.1, -0.05) is 121 Å². The molecule has 0 N–H and O–H groups in total. The molecule has 0 radical (unpaired) electrons. The molecule has 0 fully saturated rings. The van der Waals surface area contributed by atoms with Gasteiger partial charge in [0.05, 0.1) is 27.1 Å². The van der Waals surface area contributed by atoms with Gasteiger partial charge in [-0.15, -0.1) is 11.3 Å². The fraction of sp³-hybridized carbons (Fsp3) is 0. The van der Waals surface area contributed by atoms with Crippen LogP contribution >= 0.6 is 11.3 Å². The second-order valence-electron chi connectivity index (χ2n) is 12.7. The minimum absolute atomic E-state index is 0.632. The Bertz CT molecular complexity index is 3150. The highest BCUT2D eigenvalue weighted by Gasteiger charge is 2.23. The second kappa shape index (κ2) is 10.5. The number of rotatable bonds is 3. The van der Waals surface area contributed by atoms with Crippen molar-refractivity contribution in [1.29, 1.82) is 0 Å². The predicted molar refractivity (Wildman–Crippen MR) is 209 cm³/mol. The van der Waals surface area contributed by atoms with Gasteiger partial charge in [0.25, 0.3) is 0 Å². The van der Waals surface area contributed by atoms with E-state index in [-0.39, 0.29) is 0 Å². The maximum absolute atomic E-state index is 6.55. The van der Waals surface area contributed by atoms with Gasteiger partial charge < -0.3 is 4.42 Å². The highest BCUT2D eigenvalue weighted by Crippen LogP contribution is 2.48. The van der Waals surface area contributed by atoms with Crippen molar-refractivity contribution in [3.63, 3.8) is 0 Å². The Morgan fingerprint density at radius 3 is 1.94 bits per heavy atom. The van der Waals surface area contributed by atoms with Crippen LogP contribution in [0, 0.1) is 0 Å². The van der Waals surface area contributed by atoms with Crippen LogP contribution < -0.4 is 0 Å². The lowest BCUT2D eigenvalue weighted by Gasteiger charge is -2.15. The van der Waals surface area contributed by atoms with Crippen molar-refractivity contribution in [3.05, 3.63) is 152 Å². The molecule has 50 heavy (non-hydrogen) atoms. The lowest BCUT2D eigenvalue weighted by Crippen LogP contribution is -1.97. The number of fused-ring (bicyclic) bond motifs is 12. The number of hydrogen-bond acceptors (Lipinski definition) is 5. The summed E-state index contributed by atoms with van der Waals surface area (Å²) in [5.41, 5.74) is 8.26. The van der Waals surface area contributed by atoms with Crippen LogP contribution in [0.4, 0.5) is 0 Å². The van der Waals surface area contributed by atoms with Crippen LogP contribution in [0.25, 0.3) is 109 Å². The number of hydrogen-bond donors (Lipinski definition) is 0. The van der Waals surface area contributed by atoms with Crippen molar-refractivity contribution < 1.29 is 4.42 Å². The van der Waals surface area contributed by atoms with Crippen LogP contribution in [-0.2, 0) is 0 Å². The number of benzene rings is 8. The Labute approximate surface area is 289 Å². The molecule has 5 heteroatoms. The number of oxazole rings is 1. The molecule has 0 spiro atoms. The van der Waals surface area contributed by atoms with Gasteiger partial charge in [-0.3, -0.25) is 0 Å². The van der Waals surface area contributed by atoms with Crippen molar-refractivity contribution in [2.45, 2.75) is 0 Å². The zero-order valence-corrected chi connectivity index (χ0v) is 27.4. The van der Waals surface area contributed by atoms with Crippen molar-refractivity contribution in [1.82, 2.24) is 15.0 Å². The second-order valence-corrected chi connectivity index (χ2v) is 13.8. The van der Waals surface area contributed by atoms with Crippen LogP contribution in [0.2, 0.25) is 0 Å². The van der Waals surface area contributed by atoms with Crippen molar-refractivity contribution in [2.24, 2.45) is 0 Å². The van der Waals surface area contributed by atoms with E-state index in [9.17, 15) is 0 Å². The molecule has 0 amide bonds. The first-order valence-corrected chi connectivity index (χ1v) is 17.5. The van der Waals surface area contributed by atoms with Gasteiger partial charge in [0.2, 0.25) is 5.89 Å². The third-order valence-electron chi connectivity index (χ3n) is 9.87. The lowest BCUT2D eigenvalue weighted by atomic mass is 9.91. The Morgan fingerprint density at radius 2 is 1.12 bits per heavy atom. The average molecular weight is 656 g/mol. The average Bonchev–Trinajstić information content (AvgIpc) is 3.80. The van der Waals surface area contributed by atoms with E-state index in [1.165, 1.54) is 31.6 Å². The van der Waals surface area contributed by atoms with Gasteiger partial charge in [-0.25, -0.2) is 15.0 Å². The zero-order valence-electron chi connectivity index (χ0n) is 26.6. The first kappa shape index (κ1) is 27.5. The highest BCUT2D eigenvalue weighted by molar-refractivity contribution is 7.26. The molecule has 11 aromatic rings. The first-order valence-electron chi connectivity index (χ1n) is 16.7. The topological polar surface area (TPSA) is 51.8 Å². The lowest BCUT2D eigenvalue weighted by molar-refractivity contribution is 0.623. The molecule has 0 aliphatic rings. The van der Waals surface area contributed by atoms with Gasteiger partial charge in [0, 0.05) is 37.5 Å². The van der Waals surface area contributed by atoms with Crippen molar-refractivity contribution in [3.8, 4) is 34.0 Å². The summed E-state index contributed by atoms with van der Waals surface area (Å²) >= 11 is 1.76. The summed E-state index contributed by atoms with van der Waals surface area (Å²) < 4.78 is 8.82. The van der Waals surface area contributed by atoms with E-state index in [1.54, 1.807) is 11.3 Å². The quantitative estimate of drug-likeness (QED) is 0.178. The summed E-state index contributed by atoms with van der Waals surface area (Å²) in [6, 6.07) is 53.0. The fourth-order valence-corrected chi connectivity index (χ4v) is 8.80. The number of thiophene rings is 1. The molecule has 0 aliphatic carbocycles. The Hall–Kier alpha value is -6.43. The van der Waals surface area contributed by atoms with Crippen molar-refractivity contribution >= 4 is 86.0 Å². The maximum Gasteiger partial charge on any atom is 0.227 e. The smallest absolute Gasteiger partial charge is 0.227 e. The molecule has 0 bridgehead atoms. The van der Waals surface area contributed by atoms with E-state index < -0.39 is 0 Å². The first-order chi connectivity index (χ1) is 24.8. The minimum atomic E-state index is 0.632. The largest absolute Gasteiger partial charge is 0.435 e. The summed E-state index contributed by atoms with van der Waals surface area (Å²) in [5.74, 6) is 0.632. The molecule has 0 aliphatic heterocycles. The van der Waals surface area contributed by atoms with E-state index >= 15 is 0 Å². The third-order valence-corrected chi connectivity index (χ3v) is 11.0. The third kappa shape index (κ3) is 4.01. The molecule has 11 rings (SSSR count). The van der Waals surface area contributed by atoms with Crippen LogP contribution in [0.15, 0.2) is 156 Å². The van der Waals surface area contributed by atoms with E-state index in [0.717, 1.165) is 71.1 Å². The molecule has 0 unspecified atom stereocenters. The summed E-state index contributed by atoms with van der Waals surface area (Å²) in [6.07, 6.45) is 0. The molecule has 232 valence electrons. The summed E-state index contributed by atoms with van der Waals surface area (Å²) in [4.78, 5) is 15.8. The van der Waals surface area contributed by atoms with Gasteiger partial charge >= 0.3 is 0 Å². The Morgan fingerprint density at radius 1 is 0.460 bits per heavy atom. The summed E-state index contributed by atoms with van der Waals surface area (Å²) in [6.45, 7) is 0. The van der Waals surface area contributed by atoms with Gasteiger partial charge in [-0.2, -0.15) is 0 Å². The van der Waals surface area contributed by atoms with E-state index in [2.05, 4.69) is 115 Å². The van der Waals surface area contributed by atoms with Gasteiger partial charge in [0.15, 0.2) is 5.58 Å². The monoisotopic (exact) mass is 655 g/mol. The van der Waals surface area contributed by atoms with Crippen LogP contribution in [0.5, 0.6) is 0 Å². The zero-order chi connectivity index (χ0) is 32.8. The molecular weight excluding hydrogens is 631 g/mol. The molecule has 8 aromatic carbocycles. The van der Waals surface area contributed by atoms with Gasteiger partial charge in [0.1, 0.15) is 5.52 Å². The minimum Gasteiger partial charge on any atom is -0.435 e. The van der Waals surface area contributed by atoms with E-state index in [1.807, 2.05) is 36.4 Å². The van der Waals surface area contributed by atoms with Crippen LogP contribution in [0.3, 0.4) is 0 Å². The van der Waals surface area contributed by atoms with E-state index in [4.69, 9.17) is 19.4 Å². The highest BCUT2D eigenvalue weighted by atomic mass is 32.1. The molecule has 3 heterocycles. The normalized spacial score (nSPS) is 12.0. The summed E-state index contributed by atoms with van der Waals surface area (Å²) in [7, 11) is 0. The van der Waals surface area contributed by atoms with Crippen molar-refractivity contribution in [2.75, 3.05) is 0 Å². The molecule has 0 atom stereocenters. The molecule has 3 aromatic heterocycles. The Kier molecular flexibility index (Phi) is 5.80. The summed E-state index contributed by atoms with van der Waals surface area (Å²) in [5, 5.41) is 9.39. The molecule has 0 saturated carbocycles. The Balaban J connectivity index is 1.29. The van der Waals surface area contributed by atoms with Gasteiger partial charge in [-0.05, 0) is 57.3 Å². The molecule has 4 nitrogen and oxygen atoms in total. The van der Waals surface area contributed by atoms with Crippen LogP contribution in [-0.4, -0.2) is 15.0 Å². The SMILES string of the molecule is c1ccc(-c2nc3ccc4c(sc5cc(-c6nc7c(ccc8ccccc87)nc6-c6ccccc6)c6ccc7ccccc7c6c54)c3o2)cc1. The molecular formula is C45H25N3OS. The standard InChI is InChI=1S/C45H25N3OS/c1-3-13-28(14-4-1)40-42(48-41-31-18-10-8-12-27(31)20-23-35(41)46-40)34-25-37-39(38-30-17-9-7-11-26(30)19-21-32(34)38)33-22-24-36-43(44(33)50-37)49-45(47-36)29-15-5-2-6-16-29/h1-25H. The van der Waals surface area contributed by atoms with Crippen LogP contribution in [0.1, 0.15) is 0 Å². The maximum atomic E-state index is 6.55. The molecule has 0 saturated heterocycles. The number of aromatic nitrogens is 3. The van der Waals surface area contributed by atoms with E-state index in [0.29, 0.717) is 5.89 Å².